The van der Waals surface area contributed by atoms with Crippen molar-refractivity contribution >= 4 is 48.5 Å². The van der Waals surface area contributed by atoms with Crippen LogP contribution in [0.3, 0.4) is 0 Å². The van der Waals surface area contributed by atoms with Gasteiger partial charge in [-0.3, -0.25) is 0 Å². The van der Waals surface area contributed by atoms with Gasteiger partial charge in [-0.1, -0.05) is 22.9 Å². The Hall–Kier alpha value is -3.70. The smallest absolute Gasteiger partial charge is 0.229 e. The van der Waals surface area contributed by atoms with Gasteiger partial charge >= 0.3 is 0 Å². The van der Waals surface area contributed by atoms with Gasteiger partial charge in [-0.15, -0.1) is 16.4 Å². The highest BCUT2D eigenvalue weighted by atomic mass is 32.2. The molecule has 2 aromatic carbocycles. The number of nitrogens with one attached hydrogen (secondary N) is 1. The zero-order valence-electron chi connectivity index (χ0n) is 17.9. The molecule has 0 saturated carbocycles. The summed E-state index contributed by atoms with van der Waals surface area (Å²) in [5.74, 6) is 1.67. The summed E-state index contributed by atoms with van der Waals surface area (Å²) < 4.78 is 39.6. The molecule has 0 unspecified atom stereocenters. The molecule has 33 heavy (non-hydrogen) atoms. The molecule has 0 atom stereocenters. The molecule has 3 aromatic heterocycles. The number of sulfone groups is 1. The predicted octanol–water partition coefficient (Wildman–Crippen LogP) is 4.24. The Balaban J connectivity index is 1.68. The number of hydrogen-bond acceptors (Lipinski definition) is 9. The lowest BCUT2D eigenvalue weighted by Crippen LogP contribution is -2.05. The molecule has 5 aromatic rings. The van der Waals surface area contributed by atoms with E-state index in [0.717, 1.165) is 10.3 Å². The zero-order chi connectivity index (χ0) is 23.2. The largest absolute Gasteiger partial charge is 0.497 e. The molecule has 168 valence electrons. The number of thiophene rings is 1. The lowest BCUT2D eigenvalue weighted by atomic mass is 10.2. The number of benzene rings is 2. The molecule has 0 aliphatic rings. The van der Waals surface area contributed by atoms with Crippen molar-refractivity contribution in [1.82, 2.24) is 19.8 Å². The molecule has 11 heteroatoms. The van der Waals surface area contributed by atoms with E-state index in [2.05, 4.69) is 20.6 Å². The minimum atomic E-state index is -3.92. The standard InChI is InChI=1S/C22H19N5O4S2/c1-13-4-7-15(8-5-13)33(28,29)22-21-24-20(19-17(10-11-32-19)27(21)26-25-22)23-16-9-6-14(30-2)12-18(16)31-3/h4-12H,1-3H3,(H,23,24). The van der Waals surface area contributed by atoms with E-state index in [-0.39, 0.29) is 15.6 Å². The third-order valence-corrected chi connectivity index (χ3v) is 7.75. The van der Waals surface area contributed by atoms with Crippen molar-refractivity contribution in [3.8, 4) is 11.5 Å². The Bertz CT molecular complexity index is 1590. The van der Waals surface area contributed by atoms with Crippen molar-refractivity contribution in [3.63, 3.8) is 0 Å². The fraction of sp³-hybridized carbons (Fsp3) is 0.136. The van der Waals surface area contributed by atoms with Crippen LogP contribution in [0.25, 0.3) is 15.9 Å². The first-order chi connectivity index (χ1) is 15.9. The van der Waals surface area contributed by atoms with Crippen LogP contribution in [-0.4, -0.2) is 42.4 Å². The van der Waals surface area contributed by atoms with E-state index in [1.54, 1.807) is 50.6 Å². The minimum absolute atomic E-state index is 0.133. The molecular weight excluding hydrogens is 462 g/mol. The Labute approximate surface area is 193 Å². The summed E-state index contributed by atoms with van der Waals surface area (Å²) in [6.07, 6.45) is 0. The molecule has 0 aliphatic heterocycles. The second-order valence-electron chi connectivity index (χ2n) is 7.23. The predicted molar refractivity (Wildman–Crippen MR) is 126 cm³/mol. The summed E-state index contributed by atoms with van der Waals surface area (Å²) in [4.78, 5) is 4.76. The maximum atomic E-state index is 13.3. The van der Waals surface area contributed by atoms with Gasteiger partial charge in [0.25, 0.3) is 0 Å². The van der Waals surface area contributed by atoms with Crippen LogP contribution in [0.2, 0.25) is 0 Å². The second-order valence-corrected chi connectivity index (χ2v) is 10.0. The molecule has 0 radical (unpaired) electrons. The Kier molecular flexibility index (Phi) is 5.14. The van der Waals surface area contributed by atoms with Crippen molar-refractivity contribution in [1.29, 1.82) is 0 Å². The minimum Gasteiger partial charge on any atom is -0.497 e. The molecule has 0 bridgehead atoms. The maximum Gasteiger partial charge on any atom is 0.229 e. The molecule has 1 N–H and O–H groups in total. The first-order valence-corrected chi connectivity index (χ1v) is 12.2. The molecule has 0 spiro atoms. The van der Waals surface area contributed by atoms with Crippen molar-refractivity contribution in [2.24, 2.45) is 0 Å². The first-order valence-electron chi connectivity index (χ1n) is 9.86. The van der Waals surface area contributed by atoms with Gasteiger partial charge in [-0.2, -0.15) is 4.52 Å². The highest BCUT2D eigenvalue weighted by Gasteiger charge is 2.27. The van der Waals surface area contributed by atoms with Crippen LogP contribution in [0.15, 0.2) is 63.8 Å². The monoisotopic (exact) mass is 481 g/mol. The normalized spacial score (nSPS) is 11.7. The molecule has 5 rings (SSSR count). The van der Waals surface area contributed by atoms with E-state index in [4.69, 9.17) is 9.47 Å². The summed E-state index contributed by atoms with van der Waals surface area (Å²) in [6.45, 7) is 1.89. The van der Waals surface area contributed by atoms with E-state index in [1.165, 1.54) is 15.9 Å². The molecule has 0 fully saturated rings. The average Bonchev–Trinajstić information content (AvgIpc) is 3.47. The van der Waals surface area contributed by atoms with Crippen molar-refractivity contribution in [2.75, 3.05) is 19.5 Å². The Morgan fingerprint density at radius 3 is 2.55 bits per heavy atom. The molecule has 3 heterocycles. The highest BCUT2D eigenvalue weighted by molar-refractivity contribution is 7.91. The number of anilines is 2. The van der Waals surface area contributed by atoms with E-state index >= 15 is 0 Å². The zero-order valence-corrected chi connectivity index (χ0v) is 19.6. The fourth-order valence-electron chi connectivity index (χ4n) is 3.44. The maximum absolute atomic E-state index is 13.3. The van der Waals surface area contributed by atoms with Crippen LogP contribution in [0.1, 0.15) is 5.56 Å². The topological polar surface area (TPSA) is 108 Å². The van der Waals surface area contributed by atoms with Crippen LogP contribution >= 0.6 is 11.3 Å². The lowest BCUT2D eigenvalue weighted by Gasteiger charge is -2.13. The van der Waals surface area contributed by atoms with Crippen molar-refractivity contribution in [2.45, 2.75) is 16.8 Å². The van der Waals surface area contributed by atoms with Crippen molar-refractivity contribution < 1.29 is 17.9 Å². The Morgan fingerprint density at radius 2 is 1.82 bits per heavy atom. The molecule has 0 saturated heterocycles. The van der Waals surface area contributed by atoms with Gasteiger partial charge in [0.2, 0.25) is 14.9 Å². The van der Waals surface area contributed by atoms with E-state index in [0.29, 0.717) is 28.5 Å². The number of fused-ring (bicyclic) bond motifs is 3. The van der Waals surface area contributed by atoms with E-state index in [9.17, 15) is 8.42 Å². The van der Waals surface area contributed by atoms with Gasteiger partial charge < -0.3 is 14.8 Å². The average molecular weight is 482 g/mol. The van der Waals surface area contributed by atoms with Crippen LogP contribution < -0.4 is 14.8 Å². The number of rotatable bonds is 6. The number of aromatic nitrogens is 4. The van der Waals surface area contributed by atoms with Crippen LogP contribution in [0.4, 0.5) is 11.5 Å². The van der Waals surface area contributed by atoms with Gasteiger partial charge in [-0.05, 0) is 42.6 Å². The summed E-state index contributed by atoms with van der Waals surface area (Å²) in [5, 5.41) is 13.0. The van der Waals surface area contributed by atoms with Crippen molar-refractivity contribution in [3.05, 3.63) is 59.5 Å². The number of nitrogens with zero attached hydrogens (tertiary/aromatic N) is 4. The van der Waals surface area contributed by atoms with Gasteiger partial charge in [0.1, 0.15) is 11.5 Å². The van der Waals surface area contributed by atoms with Crippen LogP contribution in [0.5, 0.6) is 11.5 Å². The van der Waals surface area contributed by atoms with Gasteiger partial charge in [0.15, 0.2) is 11.5 Å². The van der Waals surface area contributed by atoms with E-state index in [1.807, 2.05) is 24.4 Å². The number of ether oxygens (including phenoxy) is 2. The number of hydrogen-bond donors (Lipinski definition) is 1. The summed E-state index contributed by atoms with van der Waals surface area (Å²) in [7, 11) is -0.786. The third kappa shape index (κ3) is 3.55. The SMILES string of the molecule is COc1ccc(Nc2nc3c(S(=O)(=O)c4ccc(C)cc4)nnn3c3ccsc23)c(OC)c1. The van der Waals surface area contributed by atoms with E-state index < -0.39 is 9.84 Å². The molecular formula is C22H19N5O4S2. The molecule has 9 nitrogen and oxygen atoms in total. The lowest BCUT2D eigenvalue weighted by molar-refractivity contribution is 0.395. The van der Waals surface area contributed by atoms with Crippen LogP contribution in [-0.2, 0) is 9.84 Å². The van der Waals surface area contributed by atoms with Gasteiger partial charge in [0, 0.05) is 6.07 Å². The molecule has 0 aliphatic carbocycles. The first kappa shape index (κ1) is 21.2. The quantitative estimate of drug-likeness (QED) is 0.384. The number of methoxy groups -OCH3 is 2. The summed E-state index contributed by atoms with van der Waals surface area (Å²) in [5.41, 5.74) is 2.44. The summed E-state index contributed by atoms with van der Waals surface area (Å²) >= 11 is 1.46. The van der Waals surface area contributed by atoms with Gasteiger partial charge in [-0.25, -0.2) is 13.4 Å². The summed E-state index contributed by atoms with van der Waals surface area (Å²) in [6, 6.07) is 13.8. The Morgan fingerprint density at radius 1 is 1.03 bits per heavy atom. The number of aryl methyl sites for hydroxylation is 1. The van der Waals surface area contributed by atoms with Crippen LogP contribution in [0, 0.1) is 6.92 Å². The third-order valence-electron chi connectivity index (χ3n) is 5.17. The fourth-order valence-corrected chi connectivity index (χ4v) is 5.49. The molecule has 0 amide bonds. The van der Waals surface area contributed by atoms with Gasteiger partial charge in [0.05, 0.1) is 35.0 Å². The highest BCUT2D eigenvalue weighted by Crippen LogP contribution is 2.36. The second kappa shape index (κ2) is 8.01.